The van der Waals surface area contributed by atoms with Crippen LogP contribution in [0.4, 0.5) is 11.4 Å². The first-order valence-electron chi connectivity index (χ1n) is 11.1. The van der Waals surface area contributed by atoms with Crippen LogP contribution in [-0.4, -0.2) is 49.4 Å². The summed E-state index contributed by atoms with van der Waals surface area (Å²) in [4.78, 5) is 41.1. The maximum absolute atomic E-state index is 13.6. The van der Waals surface area contributed by atoms with E-state index in [1.165, 1.54) is 0 Å². The van der Waals surface area contributed by atoms with E-state index in [0.717, 1.165) is 17.7 Å². The van der Waals surface area contributed by atoms with Gasteiger partial charge in [0, 0.05) is 44.7 Å². The predicted molar refractivity (Wildman–Crippen MR) is 123 cm³/mol. The van der Waals surface area contributed by atoms with Gasteiger partial charge in [0.1, 0.15) is 5.75 Å². The molecule has 2 saturated heterocycles. The van der Waals surface area contributed by atoms with Crippen molar-refractivity contribution in [3.05, 3.63) is 54.1 Å². The third kappa shape index (κ3) is 4.07. The molecule has 4 rings (SSSR count). The molecule has 0 radical (unpaired) electrons. The van der Waals surface area contributed by atoms with Gasteiger partial charge in [0.25, 0.3) is 0 Å². The number of methoxy groups -OCH3 is 1. The van der Waals surface area contributed by atoms with Crippen LogP contribution in [0.2, 0.25) is 0 Å². The molecule has 2 aromatic rings. The molecule has 0 saturated carbocycles. The van der Waals surface area contributed by atoms with E-state index in [2.05, 4.69) is 5.32 Å². The molecule has 2 aromatic carbocycles. The van der Waals surface area contributed by atoms with Crippen LogP contribution in [-0.2, 0) is 19.8 Å². The summed E-state index contributed by atoms with van der Waals surface area (Å²) in [5.74, 6) is 0.571. The molecule has 0 bridgehead atoms. The van der Waals surface area contributed by atoms with Crippen molar-refractivity contribution in [1.29, 1.82) is 0 Å². The number of nitrogens with one attached hydrogen (secondary N) is 1. The van der Waals surface area contributed by atoms with Crippen molar-refractivity contribution in [2.45, 2.75) is 38.0 Å². The van der Waals surface area contributed by atoms with Crippen LogP contribution in [0, 0.1) is 0 Å². The highest BCUT2D eigenvalue weighted by Crippen LogP contribution is 2.38. The van der Waals surface area contributed by atoms with Gasteiger partial charge >= 0.3 is 0 Å². The summed E-state index contributed by atoms with van der Waals surface area (Å²) in [7, 11) is 1.56. The van der Waals surface area contributed by atoms with Crippen molar-refractivity contribution in [2.75, 3.05) is 37.0 Å². The summed E-state index contributed by atoms with van der Waals surface area (Å²) in [6.07, 6.45) is 2.48. The number of likely N-dealkylation sites (tertiary alicyclic amines) is 1. The van der Waals surface area contributed by atoms with Crippen molar-refractivity contribution < 1.29 is 19.1 Å². The number of benzene rings is 2. The average molecular weight is 436 g/mol. The Hall–Kier alpha value is -3.35. The number of amides is 3. The number of anilines is 2. The van der Waals surface area contributed by atoms with Crippen molar-refractivity contribution in [1.82, 2.24) is 4.90 Å². The Balaban J connectivity index is 1.60. The predicted octanol–water partition coefficient (Wildman–Crippen LogP) is 3.34. The number of rotatable bonds is 5. The molecule has 2 fully saturated rings. The van der Waals surface area contributed by atoms with E-state index >= 15 is 0 Å². The number of ether oxygens (including phenoxy) is 1. The number of nitrogens with zero attached hydrogens (tertiary/aromatic N) is 2. The van der Waals surface area contributed by atoms with Crippen molar-refractivity contribution in [3.8, 4) is 5.75 Å². The third-order valence-electron chi connectivity index (χ3n) is 6.63. The van der Waals surface area contributed by atoms with Crippen LogP contribution < -0.4 is 15.0 Å². The maximum Gasteiger partial charge on any atom is 0.235 e. The average Bonchev–Trinajstić information content (AvgIpc) is 3.25. The molecule has 0 spiro atoms. The minimum absolute atomic E-state index is 0.0313. The van der Waals surface area contributed by atoms with Gasteiger partial charge < -0.3 is 19.9 Å². The number of hydrogen-bond donors (Lipinski definition) is 1. The van der Waals surface area contributed by atoms with Gasteiger partial charge in [-0.25, -0.2) is 0 Å². The molecular weight excluding hydrogens is 406 g/mol. The summed E-state index contributed by atoms with van der Waals surface area (Å²) < 4.78 is 5.53. The largest absolute Gasteiger partial charge is 0.494 e. The monoisotopic (exact) mass is 435 g/mol. The Morgan fingerprint density at radius 3 is 2.34 bits per heavy atom. The van der Waals surface area contributed by atoms with E-state index in [1.807, 2.05) is 42.5 Å². The van der Waals surface area contributed by atoms with E-state index in [4.69, 9.17) is 4.74 Å². The number of carbonyl (C=O) groups is 3. The topological polar surface area (TPSA) is 79.0 Å². The molecule has 168 valence electrons. The Kier molecular flexibility index (Phi) is 6.17. The lowest BCUT2D eigenvalue weighted by atomic mass is 9.72. The molecule has 7 nitrogen and oxygen atoms in total. The first kappa shape index (κ1) is 21.9. The molecule has 2 heterocycles. The highest BCUT2D eigenvalue weighted by Gasteiger charge is 2.43. The number of hydrogen-bond acceptors (Lipinski definition) is 4. The quantitative estimate of drug-likeness (QED) is 0.781. The minimum Gasteiger partial charge on any atom is -0.494 e. The van der Waals surface area contributed by atoms with Crippen molar-refractivity contribution >= 4 is 29.1 Å². The highest BCUT2D eigenvalue weighted by atomic mass is 16.5. The summed E-state index contributed by atoms with van der Waals surface area (Å²) >= 11 is 0. The SMILES string of the molecule is COc1cc(NC(=O)C2(c3ccccc3)CCN(C(C)=O)CC2)ccc1N1CCCC1=O. The molecule has 3 amide bonds. The molecule has 0 atom stereocenters. The lowest BCUT2D eigenvalue weighted by molar-refractivity contribution is -0.133. The molecule has 0 unspecified atom stereocenters. The number of piperidine rings is 1. The Morgan fingerprint density at radius 2 is 1.75 bits per heavy atom. The summed E-state index contributed by atoms with van der Waals surface area (Å²) in [5.41, 5.74) is 1.57. The Bertz CT molecular complexity index is 1010. The summed E-state index contributed by atoms with van der Waals surface area (Å²) in [5, 5.41) is 3.07. The maximum atomic E-state index is 13.6. The van der Waals surface area contributed by atoms with Crippen LogP contribution >= 0.6 is 0 Å². The zero-order valence-electron chi connectivity index (χ0n) is 18.6. The molecule has 2 aliphatic rings. The molecule has 32 heavy (non-hydrogen) atoms. The fraction of sp³-hybridized carbons (Fsp3) is 0.400. The van der Waals surface area contributed by atoms with Gasteiger partial charge in [0.15, 0.2) is 0 Å². The minimum atomic E-state index is -0.718. The molecule has 2 aliphatic heterocycles. The van der Waals surface area contributed by atoms with E-state index in [1.54, 1.807) is 29.9 Å². The lowest BCUT2D eigenvalue weighted by Gasteiger charge is -2.40. The third-order valence-corrected chi connectivity index (χ3v) is 6.63. The van der Waals surface area contributed by atoms with Crippen LogP contribution in [0.3, 0.4) is 0 Å². The Morgan fingerprint density at radius 1 is 1.03 bits per heavy atom. The zero-order valence-corrected chi connectivity index (χ0v) is 18.6. The smallest absolute Gasteiger partial charge is 0.235 e. The van der Waals surface area contributed by atoms with Gasteiger partial charge in [-0.05, 0) is 37.0 Å². The van der Waals surface area contributed by atoms with Crippen LogP contribution in [0.25, 0.3) is 0 Å². The second-order valence-electron chi connectivity index (χ2n) is 8.44. The Labute approximate surface area is 188 Å². The first-order valence-corrected chi connectivity index (χ1v) is 11.1. The molecule has 0 aliphatic carbocycles. The summed E-state index contributed by atoms with van der Waals surface area (Å²) in [6, 6.07) is 15.2. The first-order chi connectivity index (χ1) is 15.4. The van der Waals surface area contributed by atoms with Crippen LogP contribution in [0.5, 0.6) is 5.75 Å². The van der Waals surface area contributed by atoms with Gasteiger partial charge in [-0.2, -0.15) is 0 Å². The highest BCUT2D eigenvalue weighted by molar-refractivity contribution is 6.01. The second kappa shape index (κ2) is 9.02. The van der Waals surface area contributed by atoms with Gasteiger partial charge in [-0.1, -0.05) is 30.3 Å². The van der Waals surface area contributed by atoms with Gasteiger partial charge in [-0.15, -0.1) is 0 Å². The molecular formula is C25H29N3O4. The standard InChI is InChI=1S/C25H29N3O4/c1-18(29)27-15-12-25(13-16-27,19-7-4-3-5-8-19)24(31)26-20-10-11-21(22(17-20)32-2)28-14-6-9-23(28)30/h3-5,7-8,10-11,17H,6,9,12-16H2,1-2H3,(H,26,31). The van der Waals surface area contributed by atoms with Crippen molar-refractivity contribution in [3.63, 3.8) is 0 Å². The van der Waals surface area contributed by atoms with Gasteiger partial charge in [0.05, 0.1) is 18.2 Å². The molecule has 1 N–H and O–H groups in total. The normalized spacial score (nSPS) is 17.9. The van der Waals surface area contributed by atoms with Crippen molar-refractivity contribution in [2.24, 2.45) is 0 Å². The summed E-state index contributed by atoms with van der Waals surface area (Å²) in [6.45, 7) is 3.31. The van der Waals surface area contributed by atoms with E-state index < -0.39 is 5.41 Å². The zero-order chi connectivity index (χ0) is 22.7. The second-order valence-corrected chi connectivity index (χ2v) is 8.44. The van der Waals surface area contributed by atoms with E-state index in [9.17, 15) is 14.4 Å². The molecule has 7 heteroatoms. The van der Waals surface area contributed by atoms with Crippen LogP contribution in [0.1, 0.15) is 38.2 Å². The fourth-order valence-corrected chi connectivity index (χ4v) is 4.74. The molecule has 0 aromatic heterocycles. The van der Waals surface area contributed by atoms with Crippen LogP contribution in [0.15, 0.2) is 48.5 Å². The fourth-order valence-electron chi connectivity index (χ4n) is 4.74. The van der Waals surface area contributed by atoms with E-state index in [-0.39, 0.29) is 17.7 Å². The van der Waals surface area contributed by atoms with Gasteiger partial charge in [-0.3, -0.25) is 14.4 Å². The number of carbonyl (C=O) groups excluding carboxylic acids is 3. The van der Waals surface area contributed by atoms with Gasteiger partial charge in [0.2, 0.25) is 17.7 Å². The van der Waals surface area contributed by atoms with E-state index in [0.29, 0.717) is 50.3 Å². The lowest BCUT2D eigenvalue weighted by Crippen LogP contribution is -2.50.